The first-order chi connectivity index (χ1) is 8.18. The Hall–Kier alpha value is -1.27. The standard InChI is InChI=1S/C12H17NO4S/c1-6(14)8-7(11(15)16)13-10(18-8)9(17-5)12(2,3)4/h9H,1-5H3,(H,15,16). The number of carboxylic acids is 1. The van der Waals surface area contributed by atoms with Gasteiger partial charge in [-0.1, -0.05) is 20.8 Å². The number of aromatic carboxylic acids is 1. The molecule has 0 bridgehead atoms. The number of hydrogen-bond acceptors (Lipinski definition) is 5. The normalized spacial score (nSPS) is 13.4. The molecule has 1 aromatic heterocycles. The summed E-state index contributed by atoms with van der Waals surface area (Å²) in [5.41, 5.74) is -0.412. The summed E-state index contributed by atoms with van der Waals surface area (Å²) in [6.07, 6.45) is -0.339. The van der Waals surface area contributed by atoms with Gasteiger partial charge in [-0.15, -0.1) is 11.3 Å². The van der Waals surface area contributed by atoms with Crippen molar-refractivity contribution in [2.75, 3.05) is 7.11 Å². The largest absolute Gasteiger partial charge is 0.476 e. The minimum Gasteiger partial charge on any atom is -0.476 e. The van der Waals surface area contributed by atoms with Gasteiger partial charge < -0.3 is 9.84 Å². The SMILES string of the molecule is COC(c1nc(C(=O)O)c(C(C)=O)s1)C(C)(C)C. The summed E-state index contributed by atoms with van der Waals surface area (Å²) < 4.78 is 5.37. The number of rotatable bonds is 4. The first-order valence-corrected chi connectivity index (χ1v) is 6.28. The zero-order valence-corrected chi connectivity index (χ0v) is 11.9. The Bertz CT molecular complexity index is 441. The topological polar surface area (TPSA) is 76.5 Å². The Morgan fingerprint density at radius 1 is 1.39 bits per heavy atom. The number of carbonyl (C=O) groups excluding carboxylic acids is 1. The van der Waals surface area contributed by atoms with Crippen molar-refractivity contribution in [3.05, 3.63) is 15.6 Å². The molecule has 0 fully saturated rings. The van der Waals surface area contributed by atoms with Crippen LogP contribution in [-0.4, -0.2) is 29.0 Å². The van der Waals surface area contributed by atoms with Crippen LogP contribution in [0.1, 0.15) is 59.0 Å². The molecular weight excluding hydrogens is 254 g/mol. The highest BCUT2D eigenvalue weighted by Gasteiger charge is 2.32. The number of hydrogen-bond donors (Lipinski definition) is 1. The Labute approximate surface area is 110 Å². The third-order valence-corrected chi connectivity index (χ3v) is 3.61. The first-order valence-electron chi connectivity index (χ1n) is 5.46. The molecule has 0 saturated heterocycles. The predicted octanol–water partition coefficient (Wildman–Crippen LogP) is 2.78. The molecule has 6 heteroatoms. The molecule has 1 unspecified atom stereocenters. The monoisotopic (exact) mass is 271 g/mol. The van der Waals surface area contributed by atoms with Crippen molar-refractivity contribution in [1.29, 1.82) is 0 Å². The van der Waals surface area contributed by atoms with Crippen LogP contribution >= 0.6 is 11.3 Å². The number of aromatic nitrogens is 1. The van der Waals surface area contributed by atoms with Gasteiger partial charge in [0, 0.05) is 14.0 Å². The number of thiazole rings is 1. The molecule has 0 aliphatic rings. The van der Waals surface area contributed by atoms with E-state index in [9.17, 15) is 9.59 Å². The van der Waals surface area contributed by atoms with Crippen LogP contribution in [0.5, 0.6) is 0 Å². The predicted molar refractivity (Wildman–Crippen MR) is 68.3 cm³/mol. The molecule has 18 heavy (non-hydrogen) atoms. The van der Waals surface area contributed by atoms with Gasteiger partial charge >= 0.3 is 5.97 Å². The average molecular weight is 271 g/mol. The van der Waals surface area contributed by atoms with Crippen LogP contribution in [0.2, 0.25) is 0 Å². The molecule has 1 aromatic rings. The van der Waals surface area contributed by atoms with E-state index in [0.29, 0.717) is 5.01 Å². The van der Waals surface area contributed by atoms with Crippen LogP contribution in [0.4, 0.5) is 0 Å². The summed E-state index contributed by atoms with van der Waals surface area (Å²) in [6.45, 7) is 7.24. The Morgan fingerprint density at radius 3 is 2.22 bits per heavy atom. The second-order valence-corrected chi connectivity index (χ2v) is 6.10. The first kappa shape index (κ1) is 14.8. The zero-order valence-electron chi connectivity index (χ0n) is 11.1. The van der Waals surface area contributed by atoms with Gasteiger partial charge in [-0.25, -0.2) is 9.78 Å². The number of carboxylic acid groups (broad SMARTS) is 1. The highest BCUT2D eigenvalue weighted by molar-refractivity contribution is 7.14. The third kappa shape index (κ3) is 2.94. The fourth-order valence-electron chi connectivity index (χ4n) is 1.66. The van der Waals surface area contributed by atoms with Crippen LogP contribution in [0.15, 0.2) is 0 Å². The van der Waals surface area contributed by atoms with Crippen molar-refractivity contribution in [3.8, 4) is 0 Å². The summed E-state index contributed by atoms with van der Waals surface area (Å²) in [4.78, 5) is 26.7. The highest BCUT2D eigenvalue weighted by atomic mass is 32.1. The van der Waals surface area contributed by atoms with Gasteiger partial charge in [0.15, 0.2) is 11.5 Å². The fourth-order valence-corrected chi connectivity index (χ4v) is 2.93. The number of Topliss-reactive ketones (excluding diaryl/α,β-unsaturated/α-hetero) is 1. The van der Waals surface area contributed by atoms with E-state index in [1.54, 1.807) is 7.11 Å². The van der Waals surface area contributed by atoms with Crippen LogP contribution < -0.4 is 0 Å². The van der Waals surface area contributed by atoms with Crippen LogP contribution in [-0.2, 0) is 4.74 Å². The van der Waals surface area contributed by atoms with E-state index < -0.39 is 5.97 Å². The maximum atomic E-state index is 11.4. The molecule has 1 heterocycles. The van der Waals surface area contributed by atoms with Crippen molar-refractivity contribution in [2.45, 2.75) is 33.8 Å². The van der Waals surface area contributed by atoms with Crippen LogP contribution in [0, 0.1) is 5.41 Å². The smallest absolute Gasteiger partial charge is 0.356 e. The molecule has 1 atom stereocenters. The molecular formula is C12H17NO4S. The van der Waals surface area contributed by atoms with Crippen molar-refractivity contribution in [1.82, 2.24) is 4.98 Å². The lowest BCUT2D eigenvalue weighted by Crippen LogP contribution is -2.20. The number of methoxy groups -OCH3 is 1. The summed E-state index contributed by atoms with van der Waals surface area (Å²) >= 11 is 1.09. The molecule has 0 amide bonds. The van der Waals surface area contributed by atoms with Gasteiger partial charge in [0.2, 0.25) is 0 Å². The molecule has 1 rings (SSSR count). The van der Waals surface area contributed by atoms with E-state index in [1.165, 1.54) is 6.92 Å². The van der Waals surface area contributed by atoms with Crippen molar-refractivity contribution in [3.63, 3.8) is 0 Å². The molecule has 5 nitrogen and oxygen atoms in total. The number of ether oxygens (including phenoxy) is 1. The lowest BCUT2D eigenvalue weighted by molar-refractivity contribution is 0.0149. The second kappa shape index (κ2) is 5.16. The van der Waals surface area contributed by atoms with E-state index >= 15 is 0 Å². The summed E-state index contributed by atoms with van der Waals surface area (Å²) in [7, 11) is 1.55. The van der Waals surface area contributed by atoms with E-state index in [0.717, 1.165) is 11.3 Å². The maximum absolute atomic E-state index is 11.4. The lowest BCUT2D eigenvalue weighted by atomic mass is 9.89. The molecule has 0 aliphatic heterocycles. The van der Waals surface area contributed by atoms with E-state index in [-0.39, 0.29) is 27.9 Å². The summed E-state index contributed by atoms with van der Waals surface area (Å²) in [5.74, 6) is -1.48. The number of nitrogens with zero attached hydrogens (tertiary/aromatic N) is 1. The zero-order chi connectivity index (χ0) is 14.1. The van der Waals surface area contributed by atoms with Crippen molar-refractivity contribution >= 4 is 23.1 Å². The number of ketones is 1. The van der Waals surface area contributed by atoms with E-state index in [1.807, 2.05) is 20.8 Å². The van der Waals surface area contributed by atoms with Gasteiger partial charge in [0.05, 0.1) is 0 Å². The molecule has 1 N–H and O–H groups in total. The maximum Gasteiger partial charge on any atom is 0.356 e. The fraction of sp³-hybridized carbons (Fsp3) is 0.583. The second-order valence-electron chi connectivity index (χ2n) is 5.07. The van der Waals surface area contributed by atoms with E-state index in [2.05, 4.69) is 4.98 Å². The van der Waals surface area contributed by atoms with Gasteiger partial charge in [-0.3, -0.25) is 4.79 Å². The summed E-state index contributed by atoms with van der Waals surface area (Å²) in [5, 5.41) is 9.56. The molecule has 0 aromatic carbocycles. The molecule has 0 spiro atoms. The molecule has 0 aliphatic carbocycles. The molecule has 0 saturated carbocycles. The molecule has 0 radical (unpaired) electrons. The van der Waals surface area contributed by atoms with Gasteiger partial charge in [0.25, 0.3) is 0 Å². The van der Waals surface area contributed by atoms with E-state index in [4.69, 9.17) is 9.84 Å². The van der Waals surface area contributed by atoms with Gasteiger partial charge in [-0.05, 0) is 5.41 Å². The van der Waals surface area contributed by atoms with Gasteiger partial charge in [-0.2, -0.15) is 0 Å². The van der Waals surface area contributed by atoms with Crippen LogP contribution in [0.25, 0.3) is 0 Å². The van der Waals surface area contributed by atoms with Crippen LogP contribution in [0.3, 0.4) is 0 Å². The van der Waals surface area contributed by atoms with Gasteiger partial charge in [0.1, 0.15) is 16.0 Å². The Kier molecular flexibility index (Phi) is 4.24. The third-order valence-electron chi connectivity index (χ3n) is 2.41. The quantitative estimate of drug-likeness (QED) is 0.852. The number of carbonyl (C=O) groups is 2. The van der Waals surface area contributed by atoms with Crippen molar-refractivity contribution < 1.29 is 19.4 Å². The molecule has 100 valence electrons. The Balaban J connectivity index is 3.31. The minimum absolute atomic E-state index is 0.170. The average Bonchev–Trinajstić information content (AvgIpc) is 2.61. The lowest BCUT2D eigenvalue weighted by Gasteiger charge is -2.27. The highest BCUT2D eigenvalue weighted by Crippen LogP contribution is 2.38. The Morgan fingerprint density at radius 2 is 1.94 bits per heavy atom. The minimum atomic E-state index is -1.19. The van der Waals surface area contributed by atoms with Crippen molar-refractivity contribution in [2.24, 2.45) is 5.41 Å². The summed E-state index contributed by atoms with van der Waals surface area (Å²) in [6, 6.07) is 0.